The maximum atomic E-state index is 6.10. The van der Waals surface area contributed by atoms with E-state index in [9.17, 15) is 0 Å². The van der Waals surface area contributed by atoms with Gasteiger partial charge in [0.05, 0.1) is 12.1 Å². The summed E-state index contributed by atoms with van der Waals surface area (Å²) in [5, 5.41) is 4.82. The molecule has 6 nitrogen and oxygen atoms in total. The molecule has 27 heavy (non-hydrogen) atoms. The van der Waals surface area contributed by atoms with Crippen molar-refractivity contribution in [3.05, 3.63) is 59.2 Å². The normalized spacial score (nSPS) is 15.5. The summed E-state index contributed by atoms with van der Waals surface area (Å²) in [6.07, 6.45) is 0.867. The van der Waals surface area contributed by atoms with Gasteiger partial charge in [-0.1, -0.05) is 36.4 Å². The van der Waals surface area contributed by atoms with Crippen LogP contribution in [-0.2, 0) is 13.0 Å². The molecule has 4 rings (SSSR count). The first-order chi connectivity index (χ1) is 13.0. The number of ether oxygens (including phenoxy) is 1. The van der Waals surface area contributed by atoms with Crippen LogP contribution < -0.4 is 15.4 Å². The van der Waals surface area contributed by atoms with Crippen molar-refractivity contribution in [1.82, 2.24) is 14.8 Å². The third-order valence-electron chi connectivity index (χ3n) is 4.77. The highest BCUT2D eigenvalue weighted by Crippen LogP contribution is 2.39. The molecule has 0 aliphatic carbocycles. The van der Waals surface area contributed by atoms with Gasteiger partial charge < -0.3 is 15.4 Å². The van der Waals surface area contributed by atoms with Crippen molar-refractivity contribution in [2.45, 2.75) is 26.0 Å². The predicted octanol–water partition coefficient (Wildman–Crippen LogP) is 2.63. The lowest BCUT2D eigenvalue weighted by molar-refractivity contribution is 0.242. The van der Waals surface area contributed by atoms with Crippen LogP contribution in [0, 0.1) is 6.92 Å². The van der Waals surface area contributed by atoms with E-state index < -0.39 is 0 Å². The summed E-state index contributed by atoms with van der Waals surface area (Å²) in [7, 11) is 3.97. The molecule has 0 bridgehead atoms. The van der Waals surface area contributed by atoms with Gasteiger partial charge in [-0.2, -0.15) is 4.98 Å². The Morgan fingerprint density at radius 2 is 2.00 bits per heavy atom. The van der Waals surface area contributed by atoms with Crippen molar-refractivity contribution in [2.24, 2.45) is 5.73 Å². The molecule has 1 atom stereocenters. The number of aryl methyl sites for hydroxylation is 1. The average Bonchev–Trinajstić information content (AvgIpc) is 3.25. The van der Waals surface area contributed by atoms with Crippen LogP contribution in [0.15, 0.2) is 42.5 Å². The molecule has 6 heteroatoms. The minimum Gasteiger partial charge on any atom is -0.488 e. The molecular formula is C21H25N5O. The largest absolute Gasteiger partial charge is 0.488 e. The second-order valence-electron chi connectivity index (χ2n) is 7.25. The fourth-order valence-electron chi connectivity index (χ4n) is 3.53. The van der Waals surface area contributed by atoms with Crippen molar-refractivity contribution in [3.8, 4) is 17.1 Å². The molecule has 2 heterocycles. The first kappa shape index (κ1) is 17.5. The first-order valence-corrected chi connectivity index (χ1v) is 9.22. The lowest BCUT2D eigenvalue weighted by atomic mass is 10.0. The quantitative estimate of drug-likeness (QED) is 0.755. The predicted molar refractivity (Wildman–Crippen MR) is 107 cm³/mol. The number of hydrogen-bond acceptors (Lipinski definition) is 5. The van der Waals surface area contributed by atoms with Crippen molar-refractivity contribution >= 4 is 5.95 Å². The second kappa shape index (κ2) is 7.04. The van der Waals surface area contributed by atoms with Gasteiger partial charge in [-0.25, -0.2) is 4.68 Å². The van der Waals surface area contributed by atoms with Gasteiger partial charge in [0.25, 0.3) is 0 Å². The second-order valence-corrected chi connectivity index (χ2v) is 7.25. The van der Waals surface area contributed by atoms with Crippen LogP contribution in [0.1, 0.15) is 16.7 Å². The van der Waals surface area contributed by atoms with Crippen LogP contribution in [-0.4, -0.2) is 41.5 Å². The van der Waals surface area contributed by atoms with Crippen molar-refractivity contribution in [2.75, 3.05) is 25.5 Å². The van der Waals surface area contributed by atoms with E-state index in [1.165, 1.54) is 16.7 Å². The van der Waals surface area contributed by atoms with Crippen LogP contribution in [0.4, 0.5) is 5.95 Å². The lowest BCUT2D eigenvalue weighted by Crippen LogP contribution is -2.24. The number of anilines is 1. The monoisotopic (exact) mass is 363 g/mol. The van der Waals surface area contributed by atoms with E-state index in [-0.39, 0.29) is 6.10 Å². The van der Waals surface area contributed by atoms with Gasteiger partial charge in [0.1, 0.15) is 11.9 Å². The number of hydrogen-bond donors (Lipinski definition) is 1. The van der Waals surface area contributed by atoms with Crippen LogP contribution in [0.25, 0.3) is 11.4 Å². The maximum absolute atomic E-state index is 6.10. The zero-order valence-corrected chi connectivity index (χ0v) is 16.0. The third-order valence-corrected chi connectivity index (χ3v) is 4.77. The van der Waals surface area contributed by atoms with Crippen molar-refractivity contribution in [3.63, 3.8) is 0 Å². The molecule has 1 aliphatic rings. The van der Waals surface area contributed by atoms with E-state index in [0.29, 0.717) is 18.9 Å². The minimum absolute atomic E-state index is 0.0280. The molecule has 0 fully saturated rings. The van der Waals surface area contributed by atoms with Gasteiger partial charge >= 0.3 is 0 Å². The van der Waals surface area contributed by atoms with Crippen LogP contribution >= 0.6 is 0 Å². The molecular weight excluding hydrogens is 338 g/mol. The highest BCUT2D eigenvalue weighted by atomic mass is 16.5. The van der Waals surface area contributed by atoms with E-state index >= 15 is 0 Å². The summed E-state index contributed by atoms with van der Waals surface area (Å²) in [5.74, 6) is 2.38. The summed E-state index contributed by atoms with van der Waals surface area (Å²) in [6, 6.07) is 14.6. The molecule has 2 N–H and O–H groups in total. The Morgan fingerprint density at radius 1 is 1.22 bits per heavy atom. The molecule has 0 amide bonds. The third kappa shape index (κ3) is 3.40. The van der Waals surface area contributed by atoms with E-state index in [2.05, 4.69) is 31.2 Å². The molecule has 140 valence electrons. The molecule has 1 aliphatic heterocycles. The van der Waals surface area contributed by atoms with Gasteiger partial charge in [-0.3, -0.25) is 0 Å². The number of fused-ring (bicyclic) bond motifs is 1. The summed E-state index contributed by atoms with van der Waals surface area (Å²) >= 11 is 0. The molecule has 0 radical (unpaired) electrons. The first-order valence-electron chi connectivity index (χ1n) is 9.22. The van der Waals surface area contributed by atoms with E-state index in [0.717, 1.165) is 23.7 Å². The van der Waals surface area contributed by atoms with Gasteiger partial charge in [0.2, 0.25) is 5.95 Å². The number of rotatable bonds is 5. The topological polar surface area (TPSA) is 69.2 Å². The maximum Gasteiger partial charge on any atom is 0.224 e. The van der Waals surface area contributed by atoms with Crippen LogP contribution in [0.5, 0.6) is 5.75 Å². The van der Waals surface area contributed by atoms with Crippen LogP contribution in [0.3, 0.4) is 0 Å². The Hall–Kier alpha value is -2.86. The molecule has 0 spiro atoms. The van der Waals surface area contributed by atoms with E-state index in [1.54, 1.807) is 0 Å². The lowest BCUT2D eigenvalue weighted by Gasteiger charge is -2.12. The Bertz CT molecular complexity index is 949. The number of nitrogens with two attached hydrogens (primary N) is 1. The van der Waals surface area contributed by atoms with Crippen molar-refractivity contribution < 1.29 is 4.74 Å². The van der Waals surface area contributed by atoms with E-state index in [1.807, 2.05) is 41.9 Å². The van der Waals surface area contributed by atoms with Crippen LogP contribution in [0.2, 0.25) is 0 Å². The standard InChI is InChI=1S/C21H25N5O/c1-14-9-16-11-17(12-22)27-19(16)18(10-14)20-23-21(25(2)3)26(24-20)13-15-7-5-4-6-8-15/h4-10,17H,11-13,22H2,1-3H3/t17-/m0/s1. The molecule has 3 aromatic rings. The summed E-state index contributed by atoms with van der Waals surface area (Å²) < 4.78 is 8.04. The number of aromatic nitrogens is 3. The fourth-order valence-corrected chi connectivity index (χ4v) is 3.53. The minimum atomic E-state index is 0.0280. The Kier molecular flexibility index (Phi) is 4.58. The molecule has 0 unspecified atom stereocenters. The highest BCUT2D eigenvalue weighted by Gasteiger charge is 2.27. The molecule has 0 saturated carbocycles. The van der Waals surface area contributed by atoms with E-state index in [4.69, 9.17) is 20.6 Å². The number of nitrogens with zero attached hydrogens (tertiary/aromatic N) is 4. The zero-order valence-electron chi connectivity index (χ0n) is 16.0. The summed E-state index contributed by atoms with van der Waals surface area (Å²) in [6.45, 7) is 3.26. The number of benzene rings is 2. The van der Waals surface area contributed by atoms with Gasteiger partial charge in [-0.05, 0) is 29.7 Å². The van der Waals surface area contributed by atoms with Gasteiger partial charge in [-0.15, -0.1) is 5.10 Å². The Labute approximate surface area is 159 Å². The highest BCUT2D eigenvalue weighted by molar-refractivity contribution is 5.69. The summed E-state index contributed by atoms with van der Waals surface area (Å²) in [5.41, 5.74) is 10.3. The molecule has 2 aromatic carbocycles. The van der Waals surface area contributed by atoms with Gasteiger partial charge in [0.15, 0.2) is 5.82 Å². The Balaban J connectivity index is 1.77. The summed E-state index contributed by atoms with van der Waals surface area (Å²) in [4.78, 5) is 6.80. The molecule has 0 saturated heterocycles. The smallest absolute Gasteiger partial charge is 0.224 e. The SMILES string of the molecule is Cc1cc2c(c(-c3nc(N(C)C)n(Cc4ccccc4)n3)c1)O[C@H](CN)C2. The Morgan fingerprint density at radius 3 is 2.70 bits per heavy atom. The zero-order chi connectivity index (χ0) is 19.0. The molecule has 1 aromatic heterocycles. The fraction of sp³-hybridized carbons (Fsp3) is 0.333. The average molecular weight is 363 g/mol. The van der Waals surface area contributed by atoms with Crippen molar-refractivity contribution in [1.29, 1.82) is 0 Å². The van der Waals surface area contributed by atoms with Gasteiger partial charge in [0, 0.05) is 27.1 Å².